The van der Waals surface area contributed by atoms with Gasteiger partial charge >= 0.3 is 5.97 Å². The van der Waals surface area contributed by atoms with E-state index in [4.69, 9.17) is 4.74 Å². The van der Waals surface area contributed by atoms with Crippen molar-refractivity contribution in [1.29, 1.82) is 0 Å². The number of fused-ring (bicyclic) bond motifs is 1. The van der Waals surface area contributed by atoms with Gasteiger partial charge in [0.2, 0.25) is 0 Å². The van der Waals surface area contributed by atoms with Crippen LogP contribution in [0.25, 0.3) is 0 Å². The molecule has 2 unspecified atom stereocenters. The number of esters is 1. The van der Waals surface area contributed by atoms with E-state index < -0.39 is 6.10 Å². The Morgan fingerprint density at radius 2 is 2.20 bits per heavy atom. The fourth-order valence-corrected chi connectivity index (χ4v) is 2.91. The molecule has 84 valence electrons. The topological polar surface area (TPSA) is 46.5 Å². The minimum absolute atomic E-state index is 0.215. The minimum atomic E-state index is -0.501. The van der Waals surface area contributed by atoms with Gasteiger partial charge in [-0.05, 0) is 38.0 Å². The summed E-state index contributed by atoms with van der Waals surface area (Å²) in [6, 6.07) is 0. The van der Waals surface area contributed by atoms with E-state index in [0.717, 1.165) is 19.3 Å². The van der Waals surface area contributed by atoms with Crippen LogP contribution in [0.5, 0.6) is 0 Å². The number of ether oxygens (including phenoxy) is 1. The second-order valence-corrected chi connectivity index (χ2v) is 4.45. The van der Waals surface area contributed by atoms with Crippen molar-refractivity contribution in [3.63, 3.8) is 0 Å². The summed E-state index contributed by atoms with van der Waals surface area (Å²) in [7, 11) is 0. The smallest absolute Gasteiger partial charge is 0.311 e. The average Bonchev–Trinajstić information content (AvgIpc) is 2.54. The van der Waals surface area contributed by atoms with Crippen LogP contribution in [-0.2, 0) is 9.53 Å². The third-order valence-electron chi connectivity index (χ3n) is 3.60. The number of hydrogen-bond donors (Lipinski definition) is 1. The first-order valence-corrected chi connectivity index (χ1v) is 5.73. The zero-order valence-electron chi connectivity index (χ0n) is 9.06. The molecule has 3 heteroatoms. The Labute approximate surface area is 90.1 Å². The summed E-state index contributed by atoms with van der Waals surface area (Å²) < 4.78 is 5.02. The van der Waals surface area contributed by atoms with Gasteiger partial charge in [0.15, 0.2) is 0 Å². The van der Waals surface area contributed by atoms with Crippen LogP contribution in [0.2, 0.25) is 0 Å². The predicted octanol–water partition coefficient (Wildman–Crippen LogP) is 1.51. The number of carbonyl (C=O) groups is 1. The molecular formula is C12H18O3. The molecule has 0 amide bonds. The van der Waals surface area contributed by atoms with Crippen LogP contribution in [0.3, 0.4) is 0 Å². The molecule has 0 bridgehead atoms. The standard InChI is InChI=1S/C12H18O3/c1-2-15-12(14)11-9-6-4-3-5-8(9)7-10(11)13/h3-4,8-11,13H,2,5-7H2,1H3/t8?,9?,10-,11+/m0/s1. The molecule has 4 atom stereocenters. The van der Waals surface area contributed by atoms with Crippen LogP contribution in [-0.4, -0.2) is 23.8 Å². The van der Waals surface area contributed by atoms with E-state index in [1.807, 2.05) is 0 Å². The molecule has 0 radical (unpaired) electrons. The maximum absolute atomic E-state index is 11.7. The molecule has 0 heterocycles. The largest absolute Gasteiger partial charge is 0.466 e. The molecule has 15 heavy (non-hydrogen) atoms. The monoisotopic (exact) mass is 210 g/mol. The third kappa shape index (κ3) is 1.93. The summed E-state index contributed by atoms with van der Waals surface area (Å²) in [5, 5.41) is 9.89. The van der Waals surface area contributed by atoms with Gasteiger partial charge in [-0.2, -0.15) is 0 Å². The molecule has 0 aromatic carbocycles. The summed E-state index contributed by atoms with van der Waals surface area (Å²) >= 11 is 0. The highest BCUT2D eigenvalue weighted by molar-refractivity contribution is 5.74. The Hall–Kier alpha value is -0.830. The molecule has 0 aliphatic heterocycles. The summed E-state index contributed by atoms with van der Waals surface area (Å²) in [6.07, 6.45) is 6.42. The fraction of sp³-hybridized carbons (Fsp3) is 0.750. The molecule has 3 nitrogen and oxygen atoms in total. The van der Waals surface area contributed by atoms with Crippen molar-refractivity contribution in [3.8, 4) is 0 Å². The van der Waals surface area contributed by atoms with Crippen molar-refractivity contribution in [2.45, 2.75) is 32.3 Å². The Morgan fingerprint density at radius 3 is 2.93 bits per heavy atom. The molecule has 0 saturated heterocycles. The van der Waals surface area contributed by atoms with Crippen molar-refractivity contribution < 1.29 is 14.6 Å². The normalized spacial score (nSPS) is 38.8. The van der Waals surface area contributed by atoms with Gasteiger partial charge < -0.3 is 9.84 Å². The average molecular weight is 210 g/mol. The first-order valence-electron chi connectivity index (χ1n) is 5.73. The van der Waals surface area contributed by atoms with Crippen LogP contribution < -0.4 is 0 Å². The molecule has 2 aliphatic rings. The van der Waals surface area contributed by atoms with E-state index in [0.29, 0.717) is 18.4 Å². The van der Waals surface area contributed by atoms with Gasteiger partial charge in [0.25, 0.3) is 0 Å². The van der Waals surface area contributed by atoms with Crippen LogP contribution in [0.15, 0.2) is 12.2 Å². The molecule has 0 spiro atoms. The van der Waals surface area contributed by atoms with Crippen molar-refractivity contribution in [2.24, 2.45) is 17.8 Å². The molecule has 1 N–H and O–H groups in total. The third-order valence-corrected chi connectivity index (χ3v) is 3.60. The van der Waals surface area contributed by atoms with Gasteiger partial charge in [0.1, 0.15) is 0 Å². The first kappa shape index (κ1) is 10.7. The van der Waals surface area contributed by atoms with Crippen molar-refractivity contribution in [2.75, 3.05) is 6.61 Å². The van der Waals surface area contributed by atoms with Crippen LogP contribution in [0.1, 0.15) is 26.2 Å². The molecule has 0 aromatic heterocycles. The van der Waals surface area contributed by atoms with Gasteiger partial charge in [0.05, 0.1) is 18.6 Å². The van der Waals surface area contributed by atoms with Crippen molar-refractivity contribution in [3.05, 3.63) is 12.2 Å². The van der Waals surface area contributed by atoms with Gasteiger partial charge in [0, 0.05) is 0 Å². The zero-order valence-corrected chi connectivity index (χ0v) is 9.06. The summed E-state index contributed by atoms with van der Waals surface area (Å²) in [4.78, 5) is 11.7. The highest BCUT2D eigenvalue weighted by atomic mass is 16.5. The minimum Gasteiger partial charge on any atom is -0.466 e. The maximum atomic E-state index is 11.7. The second kappa shape index (κ2) is 4.35. The molecule has 2 aliphatic carbocycles. The first-order chi connectivity index (χ1) is 7.24. The molecular weight excluding hydrogens is 192 g/mol. The molecule has 1 saturated carbocycles. The van der Waals surface area contributed by atoms with E-state index in [-0.39, 0.29) is 11.9 Å². The number of hydrogen-bond acceptors (Lipinski definition) is 3. The van der Waals surface area contributed by atoms with E-state index in [2.05, 4.69) is 12.2 Å². The number of allylic oxidation sites excluding steroid dienone is 2. The number of aliphatic hydroxyl groups is 1. The molecule has 1 fully saturated rings. The van der Waals surface area contributed by atoms with Crippen molar-refractivity contribution >= 4 is 5.97 Å². The lowest BCUT2D eigenvalue weighted by Crippen LogP contribution is -2.31. The second-order valence-electron chi connectivity index (χ2n) is 4.45. The number of carbonyl (C=O) groups excluding carboxylic acids is 1. The fourth-order valence-electron chi connectivity index (χ4n) is 2.91. The maximum Gasteiger partial charge on any atom is 0.311 e. The van der Waals surface area contributed by atoms with E-state index >= 15 is 0 Å². The Kier molecular flexibility index (Phi) is 3.10. The van der Waals surface area contributed by atoms with Gasteiger partial charge in [-0.15, -0.1) is 0 Å². The van der Waals surface area contributed by atoms with E-state index in [9.17, 15) is 9.90 Å². The Morgan fingerprint density at radius 1 is 1.47 bits per heavy atom. The van der Waals surface area contributed by atoms with E-state index in [1.165, 1.54) is 0 Å². The Balaban J connectivity index is 2.09. The lowest BCUT2D eigenvalue weighted by atomic mass is 9.81. The summed E-state index contributed by atoms with van der Waals surface area (Å²) in [5.74, 6) is 0.260. The lowest BCUT2D eigenvalue weighted by Gasteiger charge is -2.24. The predicted molar refractivity (Wildman–Crippen MR) is 56.1 cm³/mol. The summed E-state index contributed by atoms with van der Waals surface area (Å²) in [5.41, 5.74) is 0. The quantitative estimate of drug-likeness (QED) is 0.555. The zero-order chi connectivity index (χ0) is 10.8. The SMILES string of the molecule is CCOC(=O)[C@@H]1C2CC=CCC2C[C@@H]1O. The van der Waals surface area contributed by atoms with Gasteiger partial charge in [-0.3, -0.25) is 4.79 Å². The van der Waals surface area contributed by atoms with Crippen molar-refractivity contribution in [1.82, 2.24) is 0 Å². The van der Waals surface area contributed by atoms with Crippen LogP contribution in [0, 0.1) is 17.8 Å². The Bertz CT molecular complexity index is 272. The number of aliphatic hydroxyl groups excluding tert-OH is 1. The van der Waals surface area contributed by atoms with Gasteiger partial charge in [-0.1, -0.05) is 12.2 Å². The summed E-state index contributed by atoms with van der Waals surface area (Å²) in [6.45, 7) is 2.20. The van der Waals surface area contributed by atoms with Gasteiger partial charge in [-0.25, -0.2) is 0 Å². The number of rotatable bonds is 2. The van der Waals surface area contributed by atoms with E-state index in [1.54, 1.807) is 6.92 Å². The molecule has 2 rings (SSSR count). The molecule has 0 aromatic rings. The highest BCUT2D eigenvalue weighted by Gasteiger charge is 2.46. The lowest BCUT2D eigenvalue weighted by molar-refractivity contribution is -0.152. The highest BCUT2D eigenvalue weighted by Crippen LogP contribution is 2.44. The van der Waals surface area contributed by atoms with Crippen LogP contribution >= 0.6 is 0 Å². The van der Waals surface area contributed by atoms with Crippen LogP contribution in [0.4, 0.5) is 0 Å².